The summed E-state index contributed by atoms with van der Waals surface area (Å²) < 4.78 is 32.3. The van der Waals surface area contributed by atoms with E-state index in [2.05, 4.69) is 4.99 Å². The number of hydrogen-bond donors (Lipinski definition) is 0. The average Bonchev–Trinajstić information content (AvgIpc) is 2.74. The van der Waals surface area contributed by atoms with Crippen LogP contribution >= 0.6 is 0 Å². The highest BCUT2D eigenvalue weighted by molar-refractivity contribution is 5.87. The van der Waals surface area contributed by atoms with E-state index in [0.717, 1.165) is 4.90 Å². The molecule has 0 aromatic heterocycles. The van der Waals surface area contributed by atoms with E-state index >= 15 is 0 Å². The Bertz CT molecular complexity index is 363. The first-order chi connectivity index (χ1) is 8.80. The van der Waals surface area contributed by atoms with Crippen LogP contribution in [0.25, 0.3) is 0 Å². The molecule has 1 aliphatic rings. The molecule has 19 heavy (non-hydrogen) atoms. The summed E-state index contributed by atoms with van der Waals surface area (Å²) in [5.41, 5.74) is 0. The topological polar surface area (TPSA) is 68.0 Å². The van der Waals surface area contributed by atoms with Crippen molar-refractivity contribution in [3.63, 3.8) is 0 Å². The van der Waals surface area contributed by atoms with Gasteiger partial charge in [0.25, 0.3) is 5.84 Å². The van der Waals surface area contributed by atoms with Crippen molar-refractivity contribution in [3.05, 3.63) is 10.1 Å². The van der Waals surface area contributed by atoms with Crippen molar-refractivity contribution in [2.75, 3.05) is 33.4 Å². The quantitative estimate of drug-likeness (QED) is 0.251. The molecule has 0 aromatic carbocycles. The fourth-order valence-corrected chi connectivity index (χ4v) is 1.82. The standard InChI is InChI=1S/C11H19F2N3O3/c1-4-15(3)10(11(12,13)16(17)18)14-5-9-7-19-6-8(9)2/h8-9H,4-7H2,1-3H3. The monoisotopic (exact) mass is 279 g/mol. The zero-order valence-corrected chi connectivity index (χ0v) is 11.3. The largest absolute Gasteiger partial charge is 0.572 e. The van der Waals surface area contributed by atoms with E-state index in [0.29, 0.717) is 13.2 Å². The summed E-state index contributed by atoms with van der Waals surface area (Å²) in [5, 5.41) is 10.5. The fraction of sp³-hybridized carbons (Fsp3) is 0.909. The van der Waals surface area contributed by atoms with Crippen LogP contribution in [0.15, 0.2) is 4.99 Å². The first-order valence-corrected chi connectivity index (χ1v) is 6.16. The number of amidine groups is 1. The van der Waals surface area contributed by atoms with E-state index < -0.39 is 16.8 Å². The zero-order valence-electron chi connectivity index (χ0n) is 11.3. The molecule has 0 amide bonds. The van der Waals surface area contributed by atoms with Gasteiger partial charge in [0.1, 0.15) is 4.92 Å². The first-order valence-electron chi connectivity index (χ1n) is 6.16. The van der Waals surface area contributed by atoms with E-state index in [9.17, 15) is 18.9 Å². The van der Waals surface area contributed by atoms with Gasteiger partial charge >= 0.3 is 6.05 Å². The Hall–Kier alpha value is -1.31. The summed E-state index contributed by atoms with van der Waals surface area (Å²) in [6, 6.07) is -4.16. The molecule has 0 bridgehead atoms. The van der Waals surface area contributed by atoms with E-state index in [4.69, 9.17) is 4.74 Å². The van der Waals surface area contributed by atoms with E-state index in [1.807, 2.05) is 6.92 Å². The molecule has 110 valence electrons. The summed E-state index contributed by atoms with van der Waals surface area (Å²) in [5.74, 6) is -0.539. The minimum atomic E-state index is -4.16. The van der Waals surface area contributed by atoms with Crippen LogP contribution in [0.2, 0.25) is 0 Å². The molecule has 1 heterocycles. The molecule has 0 saturated carbocycles. The van der Waals surface area contributed by atoms with Crippen molar-refractivity contribution in [2.45, 2.75) is 19.9 Å². The SMILES string of the molecule is CCN(C)C(=NCC1COCC1C)C(F)(F)[N+](=O)[O-]. The highest BCUT2D eigenvalue weighted by atomic mass is 19.3. The van der Waals surface area contributed by atoms with Crippen molar-refractivity contribution in [1.29, 1.82) is 0 Å². The number of ether oxygens (including phenoxy) is 1. The molecule has 8 heteroatoms. The van der Waals surface area contributed by atoms with Crippen LogP contribution in [-0.2, 0) is 4.74 Å². The Labute approximate surface area is 110 Å². The summed E-state index contributed by atoms with van der Waals surface area (Å²) in [6.45, 7) is 4.95. The summed E-state index contributed by atoms with van der Waals surface area (Å²) in [4.78, 5) is 13.8. The summed E-state index contributed by atoms with van der Waals surface area (Å²) >= 11 is 0. The Morgan fingerprint density at radius 3 is 2.63 bits per heavy atom. The van der Waals surface area contributed by atoms with Crippen molar-refractivity contribution in [2.24, 2.45) is 16.8 Å². The average molecular weight is 279 g/mol. The van der Waals surface area contributed by atoms with Gasteiger partial charge in [-0.3, -0.25) is 15.1 Å². The lowest BCUT2D eigenvalue weighted by molar-refractivity contribution is -0.618. The molecule has 2 atom stereocenters. The van der Waals surface area contributed by atoms with Crippen LogP contribution in [-0.4, -0.2) is 55.1 Å². The van der Waals surface area contributed by atoms with E-state index in [-0.39, 0.29) is 24.9 Å². The first kappa shape index (κ1) is 15.7. The number of hydrogen-bond acceptors (Lipinski definition) is 4. The number of halogens is 2. The number of aliphatic imine (C=N–C) groups is 1. The maximum atomic E-state index is 13.5. The molecule has 6 nitrogen and oxygen atoms in total. The number of nitrogens with zero attached hydrogens (tertiary/aromatic N) is 3. The molecular weight excluding hydrogens is 260 g/mol. The minimum Gasteiger partial charge on any atom is -0.381 e. The third kappa shape index (κ3) is 3.59. The summed E-state index contributed by atoms with van der Waals surface area (Å²) in [6.07, 6.45) is 0. The van der Waals surface area contributed by atoms with Crippen molar-refractivity contribution in [3.8, 4) is 0 Å². The van der Waals surface area contributed by atoms with Gasteiger partial charge < -0.3 is 9.64 Å². The van der Waals surface area contributed by atoms with E-state index in [1.54, 1.807) is 6.92 Å². The number of alkyl halides is 2. The fourth-order valence-electron chi connectivity index (χ4n) is 1.82. The van der Waals surface area contributed by atoms with Crippen LogP contribution in [0.1, 0.15) is 13.8 Å². The maximum absolute atomic E-state index is 13.5. The molecule has 0 aliphatic carbocycles. The molecule has 1 rings (SSSR count). The molecule has 0 spiro atoms. The molecule has 0 aromatic rings. The summed E-state index contributed by atoms with van der Waals surface area (Å²) in [7, 11) is 1.37. The lowest BCUT2D eigenvalue weighted by atomic mass is 9.98. The Morgan fingerprint density at radius 1 is 1.58 bits per heavy atom. The van der Waals surface area contributed by atoms with Crippen molar-refractivity contribution in [1.82, 2.24) is 4.90 Å². The van der Waals surface area contributed by atoms with Gasteiger partial charge in [-0.2, -0.15) is 0 Å². The van der Waals surface area contributed by atoms with Gasteiger partial charge in [0.05, 0.1) is 6.61 Å². The second-order valence-electron chi connectivity index (χ2n) is 4.75. The number of likely N-dealkylation sites (N-methyl/N-ethyl adjacent to an activating group) is 1. The Kier molecular flexibility index (Phi) is 5.16. The van der Waals surface area contributed by atoms with Crippen molar-refractivity contribution >= 4 is 5.84 Å². The zero-order chi connectivity index (χ0) is 14.6. The van der Waals surface area contributed by atoms with Crippen LogP contribution in [0.5, 0.6) is 0 Å². The highest BCUT2D eigenvalue weighted by Gasteiger charge is 2.52. The Balaban J connectivity index is 2.87. The lowest BCUT2D eigenvalue weighted by Gasteiger charge is -2.21. The van der Waals surface area contributed by atoms with Crippen LogP contribution in [0.3, 0.4) is 0 Å². The third-order valence-electron chi connectivity index (χ3n) is 3.33. The predicted molar refractivity (Wildman–Crippen MR) is 66.0 cm³/mol. The lowest BCUT2D eigenvalue weighted by Crippen LogP contribution is -2.47. The smallest absolute Gasteiger partial charge is 0.381 e. The number of rotatable bonds is 5. The van der Waals surface area contributed by atoms with Crippen LogP contribution < -0.4 is 0 Å². The van der Waals surface area contributed by atoms with Gasteiger partial charge in [-0.15, -0.1) is 8.78 Å². The second kappa shape index (κ2) is 6.23. The molecule has 2 unspecified atom stereocenters. The molecule has 0 radical (unpaired) electrons. The molecule has 1 saturated heterocycles. The molecule has 1 fully saturated rings. The van der Waals surface area contributed by atoms with Gasteiger partial charge in [-0.05, 0) is 12.8 Å². The third-order valence-corrected chi connectivity index (χ3v) is 3.33. The molecule has 1 aliphatic heterocycles. The number of nitro groups is 1. The Morgan fingerprint density at radius 2 is 2.21 bits per heavy atom. The molecule has 0 N–H and O–H groups in total. The van der Waals surface area contributed by atoms with Crippen LogP contribution in [0.4, 0.5) is 8.78 Å². The van der Waals surface area contributed by atoms with Gasteiger partial charge in [0.2, 0.25) is 0 Å². The predicted octanol–water partition coefficient (Wildman–Crippen LogP) is 1.49. The van der Waals surface area contributed by atoms with Crippen molar-refractivity contribution < 1.29 is 18.4 Å². The maximum Gasteiger partial charge on any atom is 0.572 e. The van der Waals surface area contributed by atoms with Gasteiger partial charge in [-0.25, -0.2) is 0 Å². The molecular formula is C11H19F2N3O3. The second-order valence-corrected chi connectivity index (χ2v) is 4.75. The van der Waals surface area contributed by atoms with Crippen LogP contribution in [0, 0.1) is 22.0 Å². The normalized spacial score (nSPS) is 24.6. The van der Waals surface area contributed by atoms with E-state index in [1.165, 1.54) is 7.05 Å². The van der Waals surface area contributed by atoms with Gasteiger partial charge in [-0.1, -0.05) is 6.92 Å². The minimum absolute atomic E-state index is 0.0304. The van der Waals surface area contributed by atoms with Gasteiger partial charge in [0.15, 0.2) is 0 Å². The highest BCUT2D eigenvalue weighted by Crippen LogP contribution is 2.23. The van der Waals surface area contributed by atoms with Gasteiger partial charge in [0, 0.05) is 32.7 Å².